The van der Waals surface area contributed by atoms with Gasteiger partial charge in [0.15, 0.2) is 0 Å². The third-order valence-corrected chi connectivity index (χ3v) is 1.04. The Labute approximate surface area is 71.3 Å². The van der Waals surface area contributed by atoms with E-state index in [-0.39, 0.29) is 0 Å². The fourth-order valence-corrected chi connectivity index (χ4v) is 0.609. The summed E-state index contributed by atoms with van der Waals surface area (Å²) < 4.78 is 0. The van der Waals surface area contributed by atoms with Gasteiger partial charge < -0.3 is 0 Å². The van der Waals surface area contributed by atoms with Crippen molar-refractivity contribution in [3.05, 3.63) is 37.0 Å². The number of rotatable bonds is 4. The van der Waals surface area contributed by atoms with Gasteiger partial charge in [-0.3, -0.25) is 0 Å². The lowest BCUT2D eigenvalue weighted by atomic mass is 10.2. The highest BCUT2D eigenvalue weighted by Gasteiger charge is 1.81. The number of allylic oxidation sites excluding steroid dienone is 4. The maximum absolute atomic E-state index is 3.85. The lowest BCUT2D eigenvalue weighted by Gasteiger charge is -1.91. The smallest absolute Gasteiger partial charge is 0.0287 e. The highest BCUT2D eigenvalue weighted by molar-refractivity contribution is 5.17. The molecule has 0 aromatic heterocycles. The summed E-state index contributed by atoms with van der Waals surface area (Å²) in [5, 5.41) is 0. The number of hydrogen-bond acceptors (Lipinski definition) is 0. The summed E-state index contributed by atoms with van der Waals surface area (Å²) in [6.45, 7) is 13.6. The van der Waals surface area contributed by atoms with Gasteiger partial charge in [0.2, 0.25) is 0 Å². The van der Waals surface area contributed by atoms with Gasteiger partial charge in [0.1, 0.15) is 0 Å². The van der Waals surface area contributed by atoms with Crippen LogP contribution in [0.25, 0.3) is 0 Å². The van der Waals surface area contributed by atoms with Crippen molar-refractivity contribution in [2.24, 2.45) is 0 Å². The Bertz CT molecular complexity index is 118. The molecule has 0 aromatic rings. The van der Waals surface area contributed by atoms with Crippen molar-refractivity contribution >= 4 is 0 Å². The largest absolute Gasteiger partial charge is 0.0991 e. The van der Waals surface area contributed by atoms with Crippen LogP contribution in [-0.2, 0) is 0 Å². The minimum absolute atomic E-state index is 1.09. The van der Waals surface area contributed by atoms with Gasteiger partial charge in [-0.25, -0.2) is 0 Å². The van der Waals surface area contributed by atoms with Crippen molar-refractivity contribution < 1.29 is 0 Å². The van der Waals surface area contributed by atoms with Gasteiger partial charge in [0.05, 0.1) is 0 Å². The predicted molar refractivity (Wildman–Crippen MR) is 54.7 cm³/mol. The van der Waals surface area contributed by atoms with E-state index in [1.165, 1.54) is 12.0 Å². The minimum atomic E-state index is 1.09. The zero-order valence-electron chi connectivity index (χ0n) is 8.06. The Morgan fingerprint density at radius 1 is 1.36 bits per heavy atom. The monoisotopic (exact) mass is 152 g/mol. The minimum Gasteiger partial charge on any atom is -0.0991 e. The molecule has 64 valence electrons. The summed E-state index contributed by atoms with van der Waals surface area (Å²) in [4.78, 5) is 0. The first kappa shape index (κ1) is 12.9. The first-order valence-corrected chi connectivity index (χ1v) is 4.28. The summed E-state index contributed by atoms with van der Waals surface area (Å²) >= 11 is 0. The van der Waals surface area contributed by atoms with Crippen LogP contribution in [0.1, 0.15) is 33.6 Å². The molecule has 0 aliphatic rings. The Morgan fingerprint density at radius 3 is 2.27 bits per heavy atom. The zero-order chi connectivity index (χ0) is 9.11. The van der Waals surface area contributed by atoms with Crippen LogP contribution in [-0.4, -0.2) is 0 Å². The van der Waals surface area contributed by atoms with Crippen molar-refractivity contribution in [3.63, 3.8) is 0 Å². The summed E-state index contributed by atoms with van der Waals surface area (Å²) in [6, 6.07) is 0. The third kappa shape index (κ3) is 12.4. The van der Waals surface area contributed by atoms with Crippen LogP contribution >= 0.6 is 0 Å². The van der Waals surface area contributed by atoms with Crippen LogP contribution < -0.4 is 0 Å². The van der Waals surface area contributed by atoms with Crippen molar-refractivity contribution in [1.82, 2.24) is 0 Å². The van der Waals surface area contributed by atoms with Crippen LogP contribution in [0.5, 0.6) is 0 Å². The summed E-state index contributed by atoms with van der Waals surface area (Å²) in [6.07, 6.45) is 7.93. The lowest BCUT2D eigenvalue weighted by Crippen LogP contribution is -1.71. The molecule has 0 bridgehead atoms. The molecule has 0 saturated carbocycles. The normalized spacial score (nSPS) is 8.64. The summed E-state index contributed by atoms with van der Waals surface area (Å²) in [7, 11) is 0. The van der Waals surface area contributed by atoms with E-state index >= 15 is 0 Å². The van der Waals surface area contributed by atoms with Gasteiger partial charge in [0, 0.05) is 0 Å². The highest BCUT2D eigenvalue weighted by atomic mass is 13.9. The van der Waals surface area contributed by atoms with E-state index in [2.05, 4.69) is 20.1 Å². The fourth-order valence-electron chi connectivity index (χ4n) is 0.609. The topological polar surface area (TPSA) is 0 Å². The molecule has 0 spiro atoms. The van der Waals surface area contributed by atoms with Gasteiger partial charge in [-0.2, -0.15) is 0 Å². The Hall–Kier alpha value is -0.780. The quantitative estimate of drug-likeness (QED) is 0.532. The molecule has 0 amide bonds. The van der Waals surface area contributed by atoms with Crippen LogP contribution in [0.3, 0.4) is 0 Å². The molecule has 0 saturated heterocycles. The second-order valence-electron chi connectivity index (χ2n) is 2.00. The molecule has 0 aliphatic heterocycles. The molecule has 0 atom stereocenters. The molecule has 11 heavy (non-hydrogen) atoms. The second kappa shape index (κ2) is 12.0. The molecular weight excluding hydrogens is 132 g/mol. The zero-order valence-corrected chi connectivity index (χ0v) is 8.06. The number of hydrogen-bond donors (Lipinski definition) is 0. The van der Waals surface area contributed by atoms with Crippen molar-refractivity contribution in [1.29, 1.82) is 0 Å². The van der Waals surface area contributed by atoms with E-state index in [0.717, 1.165) is 6.42 Å². The molecule has 0 aliphatic carbocycles. The fraction of sp³-hybridized carbons (Fsp3) is 0.455. The van der Waals surface area contributed by atoms with E-state index in [9.17, 15) is 0 Å². The average Bonchev–Trinajstić information content (AvgIpc) is 2.05. The summed E-state index contributed by atoms with van der Waals surface area (Å²) in [5.74, 6) is 0. The van der Waals surface area contributed by atoms with Crippen LogP contribution in [0.4, 0.5) is 0 Å². The van der Waals surface area contributed by atoms with Gasteiger partial charge in [-0.15, -0.1) is 0 Å². The molecule has 0 heteroatoms. The third-order valence-electron chi connectivity index (χ3n) is 1.04. The van der Waals surface area contributed by atoms with E-state index in [1.54, 1.807) is 6.08 Å². The summed E-state index contributed by atoms with van der Waals surface area (Å²) in [5.41, 5.74) is 1.18. The SMILES string of the molecule is C=C/C=C\C(=C)CCC.CC. The Morgan fingerprint density at radius 2 is 1.91 bits per heavy atom. The molecule has 0 aromatic carbocycles. The maximum Gasteiger partial charge on any atom is -0.0287 e. The molecule has 0 heterocycles. The molecule has 0 rings (SSSR count). The van der Waals surface area contributed by atoms with Crippen molar-refractivity contribution in [2.75, 3.05) is 0 Å². The highest BCUT2D eigenvalue weighted by Crippen LogP contribution is 2.02. The Balaban J connectivity index is 0. The molecule has 0 nitrogen and oxygen atoms in total. The van der Waals surface area contributed by atoms with E-state index in [0.29, 0.717) is 0 Å². The standard InChI is InChI=1S/C9H14.C2H6/c1-4-6-8-9(3)7-5-2;1-2/h4,6,8H,1,3,5,7H2,2H3;1-2H3/b8-6-;. The van der Waals surface area contributed by atoms with E-state index in [4.69, 9.17) is 0 Å². The lowest BCUT2D eigenvalue weighted by molar-refractivity contribution is 0.930. The van der Waals surface area contributed by atoms with E-state index < -0.39 is 0 Å². The molecule has 0 unspecified atom stereocenters. The van der Waals surface area contributed by atoms with Gasteiger partial charge in [-0.1, -0.05) is 64.2 Å². The van der Waals surface area contributed by atoms with Crippen molar-refractivity contribution in [2.45, 2.75) is 33.6 Å². The van der Waals surface area contributed by atoms with Crippen LogP contribution in [0.15, 0.2) is 37.0 Å². The molecular formula is C11H20. The molecule has 0 fully saturated rings. The second-order valence-corrected chi connectivity index (χ2v) is 2.00. The average molecular weight is 152 g/mol. The van der Waals surface area contributed by atoms with Crippen LogP contribution in [0.2, 0.25) is 0 Å². The first-order valence-electron chi connectivity index (χ1n) is 4.28. The van der Waals surface area contributed by atoms with Gasteiger partial charge in [-0.05, 0) is 6.42 Å². The maximum atomic E-state index is 3.85. The van der Waals surface area contributed by atoms with Crippen molar-refractivity contribution in [3.8, 4) is 0 Å². The van der Waals surface area contributed by atoms with E-state index in [1.807, 2.05) is 26.0 Å². The molecule has 0 radical (unpaired) electrons. The van der Waals surface area contributed by atoms with Gasteiger partial charge in [0.25, 0.3) is 0 Å². The van der Waals surface area contributed by atoms with Gasteiger partial charge >= 0.3 is 0 Å². The predicted octanol–water partition coefficient (Wildman–Crippen LogP) is 4.11. The van der Waals surface area contributed by atoms with Crippen LogP contribution in [0, 0.1) is 0 Å². The Kier molecular flexibility index (Phi) is 14.0. The first-order chi connectivity index (χ1) is 5.31. The molecule has 0 N–H and O–H groups in total.